The van der Waals surface area contributed by atoms with Crippen molar-refractivity contribution < 1.29 is 4.74 Å². The van der Waals surface area contributed by atoms with Crippen LogP contribution in [0.3, 0.4) is 0 Å². The van der Waals surface area contributed by atoms with Crippen LogP contribution in [-0.2, 0) is 16.9 Å². The summed E-state index contributed by atoms with van der Waals surface area (Å²) in [5.41, 5.74) is 0.935. The first kappa shape index (κ1) is 12.6. The van der Waals surface area contributed by atoms with Gasteiger partial charge in [-0.3, -0.25) is 0 Å². The Morgan fingerprint density at radius 2 is 2.41 bits per heavy atom. The number of aromatic amines is 1. The van der Waals surface area contributed by atoms with E-state index in [1.165, 1.54) is 12.8 Å². The van der Waals surface area contributed by atoms with E-state index in [9.17, 15) is 0 Å². The zero-order valence-electron chi connectivity index (χ0n) is 10.9. The number of H-pyrrole nitrogens is 1. The van der Waals surface area contributed by atoms with Crippen molar-refractivity contribution in [1.82, 2.24) is 15.3 Å². The second kappa shape index (κ2) is 5.65. The highest BCUT2D eigenvalue weighted by molar-refractivity contribution is 5.08. The number of imidazole rings is 1. The monoisotopic (exact) mass is 237 g/mol. The number of nitrogens with one attached hydrogen (secondary N) is 2. The molecule has 96 valence electrons. The first-order valence-electron chi connectivity index (χ1n) is 6.63. The van der Waals surface area contributed by atoms with Crippen molar-refractivity contribution in [2.75, 3.05) is 13.2 Å². The molecule has 2 rings (SSSR count). The molecular weight excluding hydrogens is 214 g/mol. The van der Waals surface area contributed by atoms with Gasteiger partial charge in [0.2, 0.25) is 0 Å². The van der Waals surface area contributed by atoms with Crippen LogP contribution in [0.1, 0.15) is 51.0 Å². The molecule has 4 heteroatoms. The zero-order valence-corrected chi connectivity index (χ0v) is 10.9. The van der Waals surface area contributed by atoms with Crippen molar-refractivity contribution in [3.05, 3.63) is 17.7 Å². The van der Waals surface area contributed by atoms with Crippen molar-refractivity contribution in [2.45, 2.75) is 51.7 Å². The Bertz CT molecular complexity index is 342. The summed E-state index contributed by atoms with van der Waals surface area (Å²) in [6.45, 7) is 7.05. The minimum Gasteiger partial charge on any atom is -0.367 e. The van der Waals surface area contributed by atoms with E-state index in [1.54, 1.807) is 0 Å². The van der Waals surface area contributed by atoms with Crippen molar-refractivity contribution in [2.24, 2.45) is 0 Å². The number of rotatable bonds is 5. The summed E-state index contributed by atoms with van der Waals surface area (Å²) in [5.74, 6) is 0.977. The highest BCUT2D eigenvalue weighted by Crippen LogP contribution is 2.32. The molecule has 0 aromatic carbocycles. The fraction of sp³-hybridized carbons (Fsp3) is 0.769. The number of ether oxygens (including phenoxy) is 1. The molecule has 1 aromatic rings. The fourth-order valence-electron chi connectivity index (χ4n) is 2.24. The van der Waals surface area contributed by atoms with Crippen LogP contribution in [-0.4, -0.2) is 23.1 Å². The highest BCUT2D eigenvalue weighted by Gasteiger charge is 2.32. The fourth-order valence-corrected chi connectivity index (χ4v) is 2.24. The van der Waals surface area contributed by atoms with Gasteiger partial charge in [0.1, 0.15) is 11.4 Å². The van der Waals surface area contributed by atoms with Gasteiger partial charge in [0.15, 0.2) is 0 Å². The average Bonchev–Trinajstić information content (AvgIpc) is 2.80. The molecule has 1 saturated heterocycles. The first-order chi connectivity index (χ1) is 8.24. The summed E-state index contributed by atoms with van der Waals surface area (Å²) in [4.78, 5) is 7.85. The summed E-state index contributed by atoms with van der Waals surface area (Å²) >= 11 is 0. The third-order valence-corrected chi connectivity index (χ3v) is 3.34. The minimum absolute atomic E-state index is 0.207. The van der Waals surface area contributed by atoms with E-state index < -0.39 is 0 Å². The van der Waals surface area contributed by atoms with Crippen LogP contribution in [0.15, 0.2) is 6.20 Å². The van der Waals surface area contributed by atoms with Crippen LogP contribution < -0.4 is 5.32 Å². The van der Waals surface area contributed by atoms with E-state index in [2.05, 4.69) is 29.1 Å². The molecule has 0 spiro atoms. The molecule has 2 N–H and O–H groups in total. The van der Waals surface area contributed by atoms with Gasteiger partial charge in [0.05, 0.1) is 0 Å². The summed E-state index contributed by atoms with van der Waals surface area (Å²) in [7, 11) is 0. The van der Waals surface area contributed by atoms with Crippen molar-refractivity contribution in [3.8, 4) is 0 Å². The van der Waals surface area contributed by atoms with Gasteiger partial charge in [-0.2, -0.15) is 0 Å². The Labute approximate surface area is 103 Å². The molecule has 0 bridgehead atoms. The van der Waals surface area contributed by atoms with Gasteiger partial charge < -0.3 is 15.0 Å². The van der Waals surface area contributed by atoms with E-state index in [0.29, 0.717) is 0 Å². The normalized spacial score (nSPS) is 25.1. The number of nitrogens with zero attached hydrogens (tertiary/aromatic N) is 1. The van der Waals surface area contributed by atoms with Crippen molar-refractivity contribution in [3.63, 3.8) is 0 Å². The lowest BCUT2D eigenvalue weighted by Crippen LogP contribution is -2.31. The van der Waals surface area contributed by atoms with E-state index in [4.69, 9.17) is 4.74 Å². The minimum atomic E-state index is -0.207. The molecule has 0 radical (unpaired) electrons. The van der Waals surface area contributed by atoms with Gasteiger partial charge in [-0.15, -0.1) is 0 Å². The Hall–Kier alpha value is -0.870. The third-order valence-electron chi connectivity index (χ3n) is 3.34. The van der Waals surface area contributed by atoms with Crippen molar-refractivity contribution in [1.29, 1.82) is 0 Å². The summed E-state index contributed by atoms with van der Waals surface area (Å²) in [6, 6.07) is 0. The van der Waals surface area contributed by atoms with E-state index in [1.807, 2.05) is 6.20 Å². The largest absolute Gasteiger partial charge is 0.367 e. The van der Waals surface area contributed by atoms with E-state index in [-0.39, 0.29) is 5.60 Å². The smallest absolute Gasteiger partial charge is 0.138 e. The maximum Gasteiger partial charge on any atom is 0.138 e. The summed E-state index contributed by atoms with van der Waals surface area (Å²) in [6.07, 6.45) is 6.52. The number of hydrogen-bond acceptors (Lipinski definition) is 3. The van der Waals surface area contributed by atoms with E-state index in [0.717, 1.165) is 44.1 Å². The van der Waals surface area contributed by atoms with Gasteiger partial charge in [0.25, 0.3) is 0 Å². The van der Waals surface area contributed by atoms with Gasteiger partial charge in [-0.1, -0.05) is 6.92 Å². The van der Waals surface area contributed by atoms with Gasteiger partial charge in [-0.05, 0) is 39.2 Å². The molecule has 0 saturated carbocycles. The molecule has 2 heterocycles. The molecule has 1 aliphatic heterocycles. The van der Waals surface area contributed by atoms with Crippen LogP contribution in [0, 0.1) is 0 Å². The maximum absolute atomic E-state index is 5.88. The molecule has 1 aliphatic rings. The maximum atomic E-state index is 5.88. The molecular formula is C13H23N3O. The predicted octanol–water partition coefficient (Wildman–Crippen LogP) is 2.33. The lowest BCUT2D eigenvalue weighted by atomic mass is 9.95. The SMILES string of the molecule is CCCNCc1cnc(C2(C)CCCCO2)[nH]1. The van der Waals surface area contributed by atoms with Crippen LogP contribution >= 0.6 is 0 Å². The molecule has 1 aromatic heterocycles. The predicted molar refractivity (Wildman–Crippen MR) is 67.7 cm³/mol. The molecule has 0 amide bonds. The summed E-state index contributed by atoms with van der Waals surface area (Å²) < 4.78 is 5.88. The lowest BCUT2D eigenvalue weighted by Gasteiger charge is -2.31. The van der Waals surface area contributed by atoms with E-state index >= 15 is 0 Å². The quantitative estimate of drug-likeness (QED) is 0.773. The first-order valence-corrected chi connectivity index (χ1v) is 6.63. The lowest BCUT2D eigenvalue weighted by molar-refractivity contribution is -0.0756. The molecule has 1 unspecified atom stereocenters. The zero-order chi connectivity index (χ0) is 12.1. The highest BCUT2D eigenvalue weighted by atomic mass is 16.5. The van der Waals surface area contributed by atoms with Crippen LogP contribution in [0.5, 0.6) is 0 Å². The number of hydrogen-bond donors (Lipinski definition) is 2. The second-order valence-electron chi connectivity index (χ2n) is 4.97. The summed E-state index contributed by atoms with van der Waals surface area (Å²) in [5, 5.41) is 3.37. The van der Waals surface area contributed by atoms with Crippen LogP contribution in [0.2, 0.25) is 0 Å². The molecule has 4 nitrogen and oxygen atoms in total. The topological polar surface area (TPSA) is 49.9 Å². The van der Waals surface area contributed by atoms with Crippen LogP contribution in [0.25, 0.3) is 0 Å². The molecule has 0 aliphatic carbocycles. The molecule has 1 atom stereocenters. The standard InChI is InChI=1S/C13H23N3O/c1-3-7-14-9-11-10-15-12(16-11)13(2)6-4-5-8-17-13/h10,14H,3-9H2,1-2H3,(H,15,16). The third kappa shape index (κ3) is 3.07. The average molecular weight is 237 g/mol. The Kier molecular flexibility index (Phi) is 4.18. The Morgan fingerprint density at radius 1 is 1.53 bits per heavy atom. The number of aromatic nitrogens is 2. The Morgan fingerprint density at radius 3 is 3.12 bits per heavy atom. The van der Waals surface area contributed by atoms with Crippen molar-refractivity contribution >= 4 is 0 Å². The molecule has 17 heavy (non-hydrogen) atoms. The Balaban J connectivity index is 1.96. The second-order valence-corrected chi connectivity index (χ2v) is 4.97. The van der Waals surface area contributed by atoms with Gasteiger partial charge in [-0.25, -0.2) is 4.98 Å². The van der Waals surface area contributed by atoms with Gasteiger partial charge in [0, 0.05) is 25.0 Å². The van der Waals surface area contributed by atoms with Gasteiger partial charge >= 0.3 is 0 Å². The molecule has 1 fully saturated rings. The van der Waals surface area contributed by atoms with Crippen LogP contribution in [0.4, 0.5) is 0 Å².